The van der Waals surface area contributed by atoms with E-state index < -0.39 is 0 Å². The number of pyridine rings is 1. The second-order valence-corrected chi connectivity index (χ2v) is 4.69. The third-order valence-corrected chi connectivity index (χ3v) is 3.75. The normalized spacial score (nSPS) is 22.5. The molecule has 2 heterocycles. The minimum atomic E-state index is 0.613. The lowest BCUT2D eigenvalue weighted by Gasteiger charge is -2.29. The number of anilines is 1. The van der Waals surface area contributed by atoms with E-state index in [2.05, 4.69) is 37.9 Å². The maximum Gasteiger partial charge on any atom is 0.128 e. The molecule has 1 fully saturated rings. The fourth-order valence-electron chi connectivity index (χ4n) is 2.16. The lowest BCUT2D eigenvalue weighted by Crippen LogP contribution is -2.36. The largest absolute Gasteiger partial charge is 0.353 e. The van der Waals surface area contributed by atoms with Crippen molar-refractivity contribution in [3.8, 4) is 0 Å². The summed E-state index contributed by atoms with van der Waals surface area (Å²) < 4.78 is 0. The number of rotatable bonds is 2. The van der Waals surface area contributed by atoms with Gasteiger partial charge in [0.2, 0.25) is 0 Å². The third kappa shape index (κ3) is 2.71. The van der Waals surface area contributed by atoms with E-state index in [1.165, 1.54) is 25.7 Å². The molecule has 1 aromatic rings. The SMILES string of the molecule is BrCC1CCCCCN1c1ccccn1. The van der Waals surface area contributed by atoms with E-state index in [-0.39, 0.29) is 0 Å². The fraction of sp³-hybridized carbons (Fsp3) is 0.583. The lowest BCUT2D eigenvalue weighted by atomic mass is 10.1. The Morgan fingerprint density at radius 2 is 2.27 bits per heavy atom. The molecule has 3 heteroatoms. The van der Waals surface area contributed by atoms with Crippen LogP contribution in [0.4, 0.5) is 5.82 Å². The molecule has 1 aliphatic rings. The molecular weight excluding hydrogens is 252 g/mol. The van der Waals surface area contributed by atoms with Gasteiger partial charge < -0.3 is 4.90 Å². The number of alkyl halides is 1. The summed E-state index contributed by atoms with van der Waals surface area (Å²) in [5.41, 5.74) is 0. The molecule has 1 aromatic heterocycles. The molecule has 0 N–H and O–H groups in total. The maximum atomic E-state index is 4.45. The van der Waals surface area contributed by atoms with Crippen molar-refractivity contribution in [2.45, 2.75) is 31.7 Å². The first-order valence-corrected chi connectivity index (χ1v) is 6.77. The van der Waals surface area contributed by atoms with Crippen LogP contribution in [-0.4, -0.2) is 22.9 Å². The molecule has 15 heavy (non-hydrogen) atoms. The van der Waals surface area contributed by atoms with Gasteiger partial charge in [-0.15, -0.1) is 0 Å². The zero-order chi connectivity index (χ0) is 10.5. The molecule has 1 atom stereocenters. The molecule has 0 saturated carbocycles. The van der Waals surface area contributed by atoms with Crippen LogP contribution in [0.3, 0.4) is 0 Å². The monoisotopic (exact) mass is 268 g/mol. The highest BCUT2D eigenvalue weighted by Gasteiger charge is 2.20. The molecule has 0 amide bonds. The van der Waals surface area contributed by atoms with Gasteiger partial charge in [-0.2, -0.15) is 0 Å². The van der Waals surface area contributed by atoms with Gasteiger partial charge in [0.1, 0.15) is 5.82 Å². The highest BCUT2D eigenvalue weighted by Crippen LogP contribution is 2.23. The van der Waals surface area contributed by atoms with E-state index in [0.717, 1.165) is 17.7 Å². The standard InChI is InChI=1S/C12H17BrN2/c13-10-11-6-2-1-5-9-15(11)12-7-3-4-8-14-12/h3-4,7-8,11H,1-2,5-6,9-10H2. The van der Waals surface area contributed by atoms with Crippen LogP contribution in [0.5, 0.6) is 0 Å². The molecule has 1 unspecified atom stereocenters. The van der Waals surface area contributed by atoms with Crippen molar-refractivity contribution in [2.75, 3.05) is 16.8 Å². The van der Waals surface area contributed by atoms with Gasteiger partial charge >= 0.3 is 0 Å². The Bertz CT molecular complexity index is 289. The van der Waals surface area contributed by atoms with Crippen LogP contribution in [-0.2, 0) is 0 Å². The van der Waals surface area contributed by atoms with Crippen LogP contribution in [0, 0.1) is 0 Å². The first-order valence-electron chi connectivity index (χ1n) is 5.65. The number of hydrogen-bond acceptors (Lipinski definition) is 2. The molecule has 2 rings (SSSR count). The Labute approximate surface area is 99.8 Å². The number of halogens is 1. The van der Waals surface area contributed by atoms with Gasteiger partial charge in [-0.1, -0.05) is 34.8 Å². The Morgan fingerprint density at radius 1 is 1.33 bits per heavy atom. The lowest BCUT2D eigenvalue weighted by molar-refractivity contribution is 0.621. The van der Waals surface area contributed by atoms with E-state index in [0.29, 0.717) is 6.04 Å². The Balaban J connectivity index is 2.16. The van der Waals surface area contributed by atoms with Crippen LogP contribution in [0.15, 0.2) is 24.4 Å². The first-order chi connectivity index (χ1) is 7.42. The first kappa shape index (κ1) is 10.9. The molecule has 2 nitrogen and oxygen atoms in total. The van der Waals surface area contributed by atoms with Crippen molar-refractivity contribution in [1.82, 2.24) is 4.98 Å². The summed E-state index contributed by atoms with van der Waals surface area (Å²) in [6.07, 6.45) is 7.15. The molecule has 0 bridgehead atoms. The van der Waals surface area contributed by atoms with Crippen molar-refractivity contribution >= 4 is 21.7 Å². The van der Waals surface area contributed by atoms with Crippen molar-refractivity contribution in [3.63, 3.8) is 0 Å². The predicted octanol–water partition coefficient (Wildman–Crippen LogP) is 3.23. The zero-order valence-electron chi connectivity index (χ0n) is 8.90. The average molecular weight is 269 g/mol. The predicted molar refractivity (Wildman–Crippen MR) is 67.6 cm³/mol. The highest BCUT2D eigenvalue weighted by atomic mass is 79.9. The van der Waals surface area contributed by atoms with Gasteiger partial charge in [0.25, 0.3) is 0 Å². The molecule has 0 radical (unpaired) electrons. The highest BCUT2D eigenvalue weighted by molar-refractivity contribution is 9.09. The minimum Gasteiger partial charge on any atom is -0.353 e. The van der Waals surface area contributed by atoms with Crippen LogP contribution in [0.25, 0.3) is 0 Å². The quantitative estimate of drug-likeness (QED) is 0.766. The van der Waals surface area contributed by atoms with Gasteiger partial charge in [0.15, 0.2) is 0 Å². The van der Waals surface area contributed by atoms with Crippen LogP contribution < -0.4 is 4.90 Å². The molecule has 0 aliphatic carbocycles. The number of aromatic nitrogens is 1. The van der Waals surface area contributed by atoms with Crippen molar-refractivity contribution < 1.29 is 0 Å². The molecule has 82 valence electrons. The van der Waals surface area contributed by atoms with Gasteiger partial charge in [-0.05, 0) is 25.0 Å². The van der Waals surface area contributed by atoms with Crippen molar-refractivity contribution in [1.29, 1.82) is 0 Å². The molecule has 0 spiro atoms. The summed E-state index contributed by atoms with van der Waals surface area (Å²) in [4.78, 5) is 6.89. The Kier molecular flexibility index (Phi) is 4.01. The van der Waals surface area contributed by atoms with E-state index in [9.17, 15) is 0 Å². The second-order valence-electron chi connectivity index (χ2n) is 4.04. The van der Waals surface area contributed by atoms with Crippen LogP contribution >= 0.6 is 15.9 Å². The summed E-state index contributed by atoms with van der Waals surface area (Å²) >= 11 is 3.61. The van der Waals surface area contributed by atoms with Crippen molar-refractivity contribution in [3.05, 3.63) is 24.4 Å². The molecular formula is C12H17BrN2. The fourth-order valence-corrected chi connectivity index (χ4v) is 2.84. The summed E-state index contributed by atoms with van der Waals surface area (Å²) in [7, 11) is 0. The Hall–Kier alpha value is -0.570. The topological polar surface area (TPSA) is 16.1 Å². The van der Waals surface area contributed by atoms with E-state index in [4.69, 9.17) is 0 Å². The average Bonchev–Trinajstić information content (AvgIpc) is 2.55. The molecule has 1 saturated heterocycles. The summed E-state index contributed by atoms with van der Waals surface area (Å²) in [5, 5.41) is 1.05. The van der Waals surface area contributed by atoms with Gasteiger partial charge in [-0.25, -0.2) is 4.98 Å². The second kappa shape index (κ2) is 5.50. The van der Waals surface area contributed by atoms with E-state index in [1.54, 1.807) is 0 Å². The Morgan fingerprint density at radius 3 is 3.00 bits per heavy atom. The van der Waals surface area contributed by atoms with Gasteiger partial charge in [0, 0.05) is 24.1 Å². The summed E-state index contributed by atoms with van der Waals surface area (Å²) in [5.74, 6) is 1.13. The third-order valence-electron chi connectivity index (χ3n) is 3.00. The van der Waals surface area contributed by atoms with Gasteiger partial charge in [-0.3, -0.25) is 0 Å². The molecule has 1 aliphatic heterocycles. The van der Waals surface area contributed by atoms with E-state index >= 15 is 0 Å². The van der Waals surface area contributed by atoms with Gasteiger partial charge in [0.05, 0.1) is 0 Å². The van der Waals surface area contributed by atoms with Crippen LogP contribution in [0.2, 0.25) is 0 Å². The number of nitrogens with zero attached hydrogens (tertiary/aromatic N) is 2. The smallest absolute Gasteiger partial charge is 0.128 e. The summed E-state index contributed by atoms with van der Waals surface area (Å²) in [6.45, 7) is 1.15. The minimum absolute atomic E-state index is 0.613. The summed E-state index contributed by atoms with van der Waals surface area (Å²) in [6, 6.07) is 6.77. The maximum absolute atomic E-state index is 4.45. The van der Waals surface area contributed by atoms with Crippen molar-refractivity contribution in [2.24, 2.45) is 0 Å². The van der Waals surface area contributed by atoms with Crippen LogP contribution in [0.1, 0.15) is 25.7 Å². The molecule has 0 aromatic carbocycles. The zero-order valence-corrected chi connectivity index (χ0v) is 10.5. The van der Waals surface area contributed by atoms with E-state index in [1.807, 2.05) is 12.3 Å². The number of hydrogen-bond donors (Lipinski definition) is 0.